The molecule has 2 rings (SSSR count). The molecule has 0 aromatic heterocycles. The lowest BCUT2D eigenvalue weighted by Gasteiger charge is -2.17. The van der Waals surface area contributed by atoms with Crippen molar-refractivity contribution in [3.63, 3.8) is 0 Å². The number of rotatable bonds is 5. The van der Waals surface area contributed by atoms with Gasteiger partial charge in [-0.15, -0.1) is 0 Å². The van der Waals surface area contributed by atoms with Crippen molar-refractivity contribution in [1.29, 1.82) is 0 Å². The first-order valence-electron chi connectivity index (χ1n) is 7.88. The molecule has 0 bridgehead atoms. The van der Waals surface area contributed by atoms with Crippen LogP contribution >= 0.6 is 0 Å². The molecule has 1 amide bonds. The van der Waals surface area contributed by atoms with Gasteiger partial charge in [0.15, 0.2) is 0 Å². The van der Waals surface area contributed by atoms with E-state index in [0.29, 0.717) is 6.42 Å². The van der Waals surface area contributed by atoms with Gasteiger partial charge >= 0.3 is 0 Å². The second-order valence-electron chi connectivity index (χ2n) is 6.13. The Balaban J connectivity index is 1.91. The van der Waals surface area contributed by atoms with Gasteiger partial charge in [-0.2, -0.15) is 0 Å². The predicted molar refractivity (Wildman–Crippen MR) is 92.0 cm³/mol. The first-order valence-corrected chi connectivity index (χ1v) is 7.88. The smallest absolute Gasteiger partial charge is 0.220 e. The van der Waals surface area contributed by atoms with Crippen molar-refractivity contribution in [3.05, 3.63) is 70.3 Å². The van der Waals surface area contributed by atoms with Crippen LogP contribution in [0, 0.1) is 20.8 Å². The molecule has 0 aliphatic carbocycles. The van der Waals surface area contributed by atoms with Gasteiger partial charge < -0.3 is 5.32 Å². The second-order valence-corrected chi connectivity index (χ2v) is 6.13. The Morgan fingerprint density at radius 1 is 1.00 bits per heavy atom. The second kappa shape index (κ2) is 7.26. The summed E-state index contributed by atoms with van der Waals surface area (Å²) in [6.45, 7) is 8.28. The van der Waals surface area contributed by atoms with Crippen LogP contribution in [0.5, 0.6) is 0 Å². The molecule has 1 atom stereocenters. The molecule has 116 valence electrons. The summed E-state index contributed by atoms with van der Waals surface area (Å²) in [5, 5.41) is 3.11. The maximum Gasteiger partial charge on any atom is 0.220 e. The monoisotopic (exact) mass is 295 g/mol. The highest BCUT2D eigenvalue weighted by molar-refractivity contribution is 5.76. The lowest BCUT2D eigenvalue weighted by atomic mass is 9.99. The summed E-state index contributed by atoms with van der Waals surface area (Å²) in [4.78, 5) is 12.2. The molecule has 22 heavy (non-hydrogen) atoms. The van der Waals surface area contributed by atoms with E-state index in [1.807, 2.05) is 6.92 Å². The van der Waals surface area contributed by atoms with Crippen molar-refractivity contribution in [1.82, 2.24) is 5.32 Å². The Morgan fingerprint density at radius 3 is 2.32 bits per heavy atom. The minimum absolute atomic E-state index is 0.0467. The Morgan fingerprint density at radius 2 is 1.64 bits per heavy atom. The fourth-order valence-corrected chi connectivity index (χ4v) is 2.63. The summed E-state index contributed by atoms with van der Waals surface area (Å²) >= 11 is 0. The predicted octanol–water partition coefficient (Wildman–Crippen LogP) is 4.42. The summed E-state index contributed by atoms with van der Waals surface area (Å²) < 4.78 is 0. The van der Waals surface area contributed by atoms with Crippen LogP contribution in [-0.2, 0) is 11.2 Å². The highest BCUT2D eigenvalue weighted by atomic mass is 16.1. The molecule has 1 N–H and O–H groups in total. The van der Waals surface area contributed by atoms with E-state index in [1.54, 1.807) is 0 Å². The minimum atomic E-state index is 0.0467. The zero-order chi connectivity index (χ0) is 16.1. The van der Waals surface area contributed by atoms with Crippen LogP contribution in [0.4, 0.5) is 0 Å². The van der Waals surface area contributed by atoms with Crippen LogP contribution in [-0.4, -0.2) is 5.91 Å². The summed E-state index contributed by atoms with van der Waals surface area (Å²) in [6.07, 6.45) is 1.31. The average Bonchev–Trinajstić information content (AvgIpc) is 2.49. The van der Waals surface area contributed by atoms with Crippen LogP contribution in [0.1, 0.15) is 47.2 Å². The zero-order valence-corrected chi connectivity index (χ0v) is 13.9. The number of carbonyl (C=O) groups excluding carboxylic acids is 1. The molecule has 0 spiro atoms. The highest BCUT2D eigenvalue weighted by Crippen LogP contribution is 2.19. The third-order valence-corrected chi connectivity index (χ3v) is 4.04. The van der Waals surface area contributed by atoms with E-state index in [1.165, 1.54) is 27.8 Å². The normalized spacial score (nSPS) is 12.0. The number of amides is 1. The molecule has 0 aliphatic heterocycles. The largest absolute Gasteiger partial charge is 0.350 e. The Bertz CT molecular complexity index is 643. The van der Waals surface area contributed by atoms with Crippen molar-refractivity contribution < 1.29 is 4.79 Å². The zero-order valence-electron chi connectivity index (χ0n) is 13.9. The first kappa shape index (κ1) is 16.3. The molecule has 0 saturated heterocycles. The SMILES string of the molecule is Cc1ccc(CCC(=O)NC(C)c2cc(C)ccc2C)cc1. The Hall–Kier alpha value is -2.09. The highest BCUT2D eigenvalue weighted by Gasteiger charge is 2.12. The van der Waals surface area contributed by atoms with Gasteiger partial charge in [0.1, 0.15) is 0 Å². The van der Waals surface area contributed by atoms with Gasteiger partial charge in [-0.3, -0.25) is 4.79 Å². The summed E-state index contributed by atoms with van der Waals surface area (Å²) in [5.41, 5.74) is 6.10. The van der Waals surface area contributed by atoms with Crippen LogP contribution in [0.2, 0.25) is 0 Å². The number of nitrogens with one attached hydrogen (secondary N) is 1. The lowest BCUT2D eigenvalue weighted by molar-refractivity contribution is -0.121. The van der Waals surface area contributed by atoms with E-state index >= 15 is 0 Å². The number of carbonyl (C=O) groups is 1. The molecule has 0 saturated carbocycles. The van der Waals surface area contributed by atoms with Gasteiger partial charge in [0, 0.05) is 6.42 Å². The van der Waals surface area contributed by atoms with Crippen LogP contribution in [0.3, 0.4) is 0 Å². The van der Waals surface area contributed by atoms with Crippen LogP contribution in [0.25, 0.3) is 0 Å². The maximum atomic E-state index is 12.2. The Kier molecular flexibility index (Phi) is 5.37. The summed E-state index contributed by atoms with van der Waals surface area (Å²) in [5.74, 6) is 0.106. The fourth-order valence-electron chi connectivity index (χ4n) is 2.63. The van der Waals surface area contributed by atoms with E-state index in [2.05, 4.69) is 68.6 Å². The van der Waals surface area contributed by atoms with Crippen LogP contribution < -0.4 is 5.32 Å². The number of benzene rings is 2. The molecule has 2 nitrogen and oxygen atoms in total. The van der Waals surface area contributed by atoms with Crippen molar-refractivity contribution in [3.8, 4) is 0 Å². The Labute approximate surface area is 133 Å². The van der Waals surface area contributed by atoms with Crippen molar-refractivity contribution in [2.24, 2.45) is 0 Å². The quantitative estimate of drug-likeness (QED) is 0.869. The van der Waals surface area contributed by atoms with E-state index in [4.69, 9.17) is 0 Å². The first-order chi connectivity index (χ1) is 10.5. The van der Waals surface area contributed by atoms with Gasteiger partial charge in [0.2, 0.25) is 5.91 Å². The molecular weight excluding hydrogens is 270 g/mol. The lowest BCUT2D eigenvalue weighted by Crippen LogP contribution is -2.27. The minimum Gasteiger partial charge on any atom is -0.350 e. The maximum absolute atomic E-state index is 12.2. The fraction of sp³-hybridized carbons (Fsp3) is 0.350. The molecule has 0 fully saturated rings. The molecule has 0 radical (unpaired) electrons. The van der Waals surface area contributed by atoms with Gasteiger partial charge in [-0.25, -0.2) is 0 Å². The molecular formula is C20H25NO. The van der Waals surface area contributed by atoms with Gasteiger partial charge in [-0.1, -0.05) is 53.6 Å². The van der Waals surface area contributed by atoms with E-state index in [0.717, 1.165) is 6.42 Å². The van der Waals surface area contributed by atoms with Crippen molar-refractivity contribution in [2.45, 2.75) is 46.6 Å². The van der Waals surface area contributed by atoms with Crippen molar-refractivity contribution in [2.75, 3.05) is 0 Å². The topological polar surface area (TPSA) is 29.1 Å². The van der Waals surface area contributed by atoms with E-state index < -0.39 is 0 Å². The van der Waals surface area contributed by atoms with Gasteiger partial charge in [0.25, 0.3) is 0 Å². The number of hydrogen-bond acceptors (Lipinski definition) is 1. The van der Waals surface area contributed by atoms with E-state index in [9.17, 15) is 4.79 Å². The summed E-state index contributed by atoms with van der Waals surface area (Å²) in [6, 6.07) is 14.8. The number of aryl methyl sites for hydroxylation is 4. The number of hydrogen-bond donors (Lipinski definition) is 1. The molecule has 2 aromatic rings. The third kappa shape index (κ3) is 4.45. The molecule has 0 aliphatic rings. The van der Waals surface area contributed by atoms with Crippen LogP contribution in [0.15, 0.2) is 42.5 Å². The molecule has 2 heteroatoms. The summed E-state index contributed by atoms with van der Waals surface area (Å²) in [7, 11) is 0. The average molecular weight is 295 g/mol. The van der Waals surface area contributed by atoms with E-state index in [-0.39, 0.29) is 11.9 Å². The van der Waals surface area contributed by atoms with Gasteiger partial charge in [-0.05, 0) is 50.8 Å². The third-order valence-electron chi connectivity index (χ3n) is 4.04. The molecule has 2 aromatic carbocycles. The molecule has 0 heterocycles. The molecule has 1 unspecified atom stereocenters. The van der Waals surface area contributed by atoms with Gasteiger partial charge in [0.05, 0.1) is 6.04 Å². The van der Waals surface area contributed by atoms with Crippen molar-refractivity contribution >= 4 is 5.91 Å². The standard InChI is InChI=1S/C20H25NO/c1-14-6-9-18(10-7-14)11-12-20(22)21-17(4)19-13-15(2)5-8-16(19)3/h5-10,13,17H,11-12H2,1-4H3,(H,21,22).